The van der Waals surface area contributed by atoms with Gasteiger partial charge in [0, 0.05) is 6.42 Å². The molecular weight excluding hydrogens is 260 g/mol. The van der Waals surface area contributed by atoms with Crippen LogP contribution in [0.15, 0.2) is 54.6 Å². The average Bonchev–Trinajstić information content (AvgIpc) is 2.55. The molecule has 0 aliphatic carbocycles. The average molecular weight is 280 g/mol. The lowest BCUT2D eigenvalue weighted by Gasteiger charge is -2.12. The number of unbranched alkanes of at least 4 members (excludes halogenated alkanes) is 2. The van der Waals surface area contributed by atoms with Gasteiger partial charge in [-0.1, -0.05) is 42.5 Å². The van der Waals surface area contributed by atoms with Crippen LogP contribution in [0.2, 0.25) is 0 Å². The number of ether oxygens (including phenoxy) is 2. The van der Waals surface area contributed by atoms with Crippen LogP contribution in [0.25, 0.3) is 0 Å². The van der Waals surface area contributed by atoms with E-state index in [4.69, 9.17) is 15.9 Å². The summed E-state index contributed by atoms with van der Waals surface area (Å²) in [6.07, 6.45) is 7.98. The number of para-hydroxylation sites is 2. The highest BCUT2D eigenvalue weighted by Crippen LogP contribution is 2.27. The fraction of sp³-hybridized carbons (Fsp3) is 0.263. The molecular formula is C19H20O2. The van der Waals surface area contributed by atoms with Gasteiger partial charge >= 0.3 is 0 Å². The highest BCUT2D eigenvalue weighted by Gasteiger charge is 2.04. The minimum atomic E-state index is 0.540. The number of hydrogen-bond donors (Lipinski definition) is 0. The zero-order valence-electron chi connectivity index (χ0n) is 12.1. The number of benzene rings is 2. The summed E-state index contributed by atoms with van der Waals surface area (Å²) < 4.78 is 11.6. The first kappa shape index (κ1) is 15.0. The number of rotatable bonds is 8. The van der Waals surface area contributed by atoms with Gasteiger partial charge in [0.1, 0.15) is 6.61 Å². The molecule has 0 radical (unpaired) electrons. The molecule has 0 aliphatic rings. The van der Waals surface area contributed by atoms with E-state index in [-0.39, 0.29) is 0 Å². The third-order valence-electron chi connectivity index (χ3n) is 3.06. The van der Waals surface area contributed by atoms with Crippen molar-refractivity contribution in [1.82, 2.24) is 0 Å². The Labute approximate surface area is 126 Å². The molecule has 0 heterocycles. The van der Waals surface area contributed by atoms with Crippen molar-refractivity contribution in [2.75, 3.05) is 6.61 Å². The largest absolute Gasteiger partial charge is 0.490 e. The van der Waals surface area contributed by atoms with E-state index in [1.807, 2.05) is 54.6 Å². The van der Waals surface area contributed by atoms with E-state index in [0.717, 1.165) is 36.3 Å². The summed E-state index contributed by atoms with van der Waals surface area (Å²) in [5.41, 5.74) is 1.14. The maximum absolute atomic E-state index is 5.84. The lowest BCUT2D eigenvalue weighted by Crippen LogP contribution is -2.01. The molecule has 0 saturated carbocycles. The maximum Gasteiger partial charge on any atom is 0.161 e. The van der Waals surface area contributed by atoms with Crippen LogP contribution in [0, 0.1) is 12.3 Å². The van der Waals surface area contributed by atoms with E-state index in [9.17, 15) is 0 Å². The first-order valence-corrected chi connectivity index (χ1v) is 7.22. The van der Waals surface area contributed by atoms with Crippen LogP contribution in [0.3, 0.4) is 0 Å². The second kappa shape index (κ2) is 8.71. The Morgan fingerprint density at radius 3 is 2.19 bits per heavy atom. The molecule has 0 amide bonds. The van der Waals surface area contributed by atoms with Crippen LogP contribution in [0.5, 0.6) is 11.5 Å². The summed E-state index contributed by atoms with van der Waals surface area (Å²) in [5, 5.41) is 0. The van der Waals surface area contributed by atoms with Gasteiger partial charge in [-0.25, -0.2) is 0 Å². The van der Waals surface area contributed by atoms with Crippen molar-refractivity contribution in [2.24, 2.45) is 0 Å². The number of hydrogen-bond acceptors (Lipinski definition) is 2. The summed E-state index contributed by atoms with van der Waals surface area (Å²) in [6.45, 7) is 1.20. The van der Waals surface area contributed by atoms with Gasteiger partial charge in [-0.3, -0.25) is 0 Å². The van der Waals surface area contributed by atoms with Crippen LogP contribution in [0.1, 0.15) is 24.8 Å². The first-order valence-electron chi connectivity index (χ1n) is 7.22. The van der Waals surface area contributed by atoms with Gasteiger partial charge in [-0.2, -0.15) is 0 Å². The fourth-order valence-corrected chi connectivity index (χ4v) is 1.94. The van der Waals surface area contributed by atoms with Gasteiger partial charge in [0.15, 0.2) is 11.5 Å². The highest BCUT2D eigenvalue weighted by molar-refractivity contribution is 5.39. The molecule has 0 unspecified atom stereocenters. The van der Waals surface area contributed by atoms with Crippen molar-refractivity contribution in [3.8, 4) is 23.8 Å². The standard InChI is InChI=1S/C19H20O2/c1-2-3-4-10-15-20-18-13-8-9-14-19(18)21-16-17-11-6-5-7-12-17/h1,5-9,11-14H,3-4,10,15-16H2. The Hall–Kier alpha value is -2.40. The van der Waals surface area contributed by atoms with Crippen molar-refractivity contribution >= 4 is 0 Å². The van der Waals surface area contributed by atoms with E-state index < -0.39 is 0 Å². The van der Waals surface area contributed by atoms with Crippen molar-refractivity contribution in [1.29, 1.82) is 0 Å². The summed E-state index contributed by atoms with van der Waals surface area (Å²) in [5.74, 6) is 4.20. The molecule has 0 aromatic heterocycles. The van der Waals surface area contributed by atoms with Crippen molar-refractivity contribution in [3.05, 3.63) is 60.2 Å². The SMILES string of the molecule is C#CCCCCOc1ccccc1OCc1ccccc1. The molecule has 0 N–H and O–H groups in total. The van der Waals surface area contributed by atoms with Crippen LogP contribution in [-0.4, -0.2) is 6.61 Å². The van der Waals surface area contributed by atoms with Gasteiger partial charge in [0.25, 0.3) is 0 Å². The van der Waals surface area contributed by atoms with E-state index >= 15 is 0 Å². The van der Waals surface area contributed by atoms with E-state index in [1.165, 1.54) is 0 Å². The molecule has 2 nitrogen and oxygen atoms in total. The molecule has 2 aromatic carbocycles. The minimum absolute atomic E-state index is 0.540. The zero-order chi connectivity index (χ0) is 14.8. The second-order valence-electron chi connectivity index (χ2n) is 4.73. The Morgan fingerprint density at radius 2 is 1.48 bits per heavy atom. The monoisotopic (exact) mass is 280 g/mol. The Morgan fingerprint density at radius 1 is 0.810 bits per heavy atom. The van der Waals surface area contributed by atoms with Gasteiger partial charge < -0.3 is 9.47 Å². The molecule has 0 atom stereocenters. The highest BCUT2D eigenvalue weighted by atomic mass is 16.5. The second-order valence-corrected chi connectivity index (χ2v) is 4.73. The van der Waals surface area contributed by atoms with Crippen molar-refractivity contribution in [2.45, 2.75) is 25.9 Å². The first-order chi connectivity index (χ1) is 10.4. The lowest BCUT2D eigenvalue weighted by molar-refractivity contribution is 0.258. The molecule has 0 bridgehead atoms. The summed E-state index contributed by atoms with van der Waals surface area (Å²) in [4.78, 5) is 0. The summed E-state index contributed by atoms with van der Waals surface area (Å²) >= 11 is 0. The topological polar surface area (TPSA) is 18.5 Å². The molecule has 0 spiro atoms. The quantitative estimate of drug-likeness (QED) is 0.525. The van der Waals surface area contributed by atoms with Gasteiger partial charge in [-0.05, 0) is 30.5 Å². The Bertz CT molecular complexity index is 570. The van der Waals surface area contributed by atoms with Gasteiger partial charge in [-0.15, -0.1) is 12.3 Å². The summed E-state index contributed by atoms with van der Waals surface area (Å²) in [6, 6.07) is 17.9. The smallest absolute Gasteiger partial charge is 0.161 e. The normalized spacial score (nSPS) is 9.86. The van der Waals surface area contributed by atoms with E-state index in [2.05, 4.69) is 5.92 Å². The summed E-state index contributed by atoms with van der Waals surface area (Å²) in [7, 11) is 0. The zero-order valence-corrected chi connectivity index (χ0v) is 12.1. The molecule has 2 heteroatoms. The van der Waals surface area contributed by atoms with Crippen LogP contribution in [0.4, 0.5) is 0 Å². The molecule has 2 rings (SSSR count). The molecule has 0 fully saturated rings. The number of terminal acetylenes is 1. The van der Waals surface area contributed by atoms with Crippen molar-refractivity contribution < 1.29 is 9.47 Å². The molecule has 0 aliphatic heterocycles. The lowest BCUT2D eigenvalue weighted by atomic mass is 10.2. The maximum atomic E-state index is 5.84. The van der Waals surface area contributed by atoms with Gasteiger partial charge in [0.2, 0.25) is 0 Å². The molecule has 0 saturated heterocycles. The van der Waals surface area contributed by atoms with E-state index in [0.29, 0.717) is 13.2 Å². The van der Waals surface area contributed by atoms with Crippen LogP contribution >= 0.6 is 0 Å². The third kappa shape index (κ3) is 5.24. The molecule has 2 aromatic rings. The van der Waals surface area contributed by atoms with Crippen LogP contribution < -0.4 is 9.47 Å². The van der Waals surface area contributed by atoms with E-state index in [1.54, 1.807) is 0 Å². The molecule has 108 valence electrons. The Kier molecular flexibility index (Phi) is 6.22. The fourth-order valence-electron chi connectivity index (χ4n) is 1.94. The minimum Gasteiger partial charge on any atom is -0.490 e. The van der Waals surface area contributed by atoms with Crippen molar-refractivity contribution in [3.63, 3.8) is 0 Å². The Balaban J connectivity index is 1.86. The third-order valence-corrected chi connectivity index (χ3v) is 3.06. The molecule has 21 heavy (non-hydrogen) atoms. The predicted molar refractivity (Wildman–Crippen MR) is 85.4 cm³/mol. The predicted octanol–water partition coefficient (Wildman–Crippen LogP) is 4.45. The van der Waals surface area contributed by atoms with Crippen LogP contribution in [-0.2, 0) is 6.61 Å². The van der Waals surface area contributed by atoms with Gasteiger partial charge in [0.05, 0.1) is 6.61 Å².